The number of carbonyl (C=O) groups excluding carboxylic acids is 2. The molecule has 2 heterocycles. The largest absolute Gasteiger partial charge is 0.479 e. The molecule has 0 saturated carbocycles. The number of thiophene rings is 1. The van der Waals surface area contributed by atoms with Gasteiger partial charge in [-0.15, -0.1) is 11.3 Å². The number of hydrogen-bond acceptors (Lipinski definition) is 4. The van der Waals surface area contributed by atoms with Crippen LogP contribution in [-0.4, -0.2) is 53.1 Å². The molecule has 1 atom stereocenters. The average Bonchev–Trinajstić information content (AvgIpc) is 3.05. The lowest BCUT2D eigenvalue weighted by atomic mass is 10.1. The first kappa shape index (κ1) is 14.4. The van der Waals surface area contributed by atoms with Gasteiger partial charge in [0.05, 0.1) is 18.0 Å². The molecule has 0 spiro atoms. The van der Waals surface area contributed by atoms with Crippen LogP contribution < -0.4 is 5.32 Å². The third-order valence-corrected chi connectivity index (χ3v) is 3.97. The number of carbonyl (C=O) groups is 3. The van der Waals surface area contributed by atoms with Crippen molar-refractivity contribution in [1.82, 2.24) is 10.2 Å². The van der Waals surface area contributed by atoms with Gasteiger partial charge in [-0.25, -0.2) is 9.18 Å². The fraction of sp³-hybridized carbons (Fsp3) is 0.417. The van der Waals surface area contributed by atoms with Gasteiger partial charge < -0.3 is 15.3 Å². The zero-order valence-corrected chi connectivity index (χ0v) is 11.3. The lowest BCUT2D eigenvalue weighted by Gasteiger charge is -2.17. The molecule has 6 nitrogen and oxygen atoms in total. The van der Waals surface area contributed by atoms with E-state index < -0.39 is 24.1 Å². The highest BCUT2D eigenvalue weighted by Gasteiger charge is 2.46. The molecule has 0 radical (unpaired) electrons. The highest BCUT2D eigenvalue weighted by molar-refractivity contribution is 7.12. The Morgan fingerprint density at radius 1 is 1.50 bits per heavy atom. The highest BCUT2D eigenvalue weighted by atomic mass is 32.1. The summed E-state index contributed by atoms with van der Waals surface area (Å²) in [6.07, 6.45) is -0.229. The zero-order valence-electron chi connectivity index (χ0n) is 10.5. The lowest BCUT2D eigenvalue weighted by Crippen LogP contribution is -2.42. The fourth-order valence-corrected chi connectivity index (χ4v) is 2.56. The number of halogens is 1. The van der Waals surface area contributed by atoms with Gasteiger partial charge in [0.2, 0.25) is 11.6 Å². The van der Waals surface area contributed by atoms with E-state index in [0.717, 1.165) is 4.90 Å². The van der Waals surface area contributed by atoms with Crippen molar-refractivity contribution in [1.29, 1.82) is 0 Å². The van der Waals surface area contributed by atoms with Crippen molar-refractivity contribution in [3.8, 4) is 0 Å². The van der Waals surface area contributed by atoms with Crippen LogP contribution in [-0.2, 0) is 9.59 Å². The smallest absolute Gasteiger partial charge is 0.343 e. The molecule has 108 valence electrons. The van der Waals surface area contributed by atoms with Crippen molar-refractivity contribution in [2.45, 2.75) is 12.1 Å². The third-order valence-electron chi connectivity index (χ3n) is 3.10. The number of likely N-dealkylation sites (tertiary alicyclic amines) is 1. The third kappa shape index (κ3) is 2.96. The predicted octanol–water partition coefficient (Wildman–Crippen LogP) is 0.503. The molecule has 1 aromatic rings. The molecule has 8 heteroatoms. The summed E-state index contributed by atoms with van der Waals surface area (Å²) in [5, 5.41) is 12.9. The van der Waals surface area contributed by atoms with Crippen LogP contribution in [0.2, 0.25) is 0 Å². The van der Waals surface area contributed by atoms with Crippen molar-refractivity contribution in [3.63, 3.8) is 0 Å². The topological polar surface area (TPSA) is 86.7 Å². The van der Waals surface area contributed by atoms with Gasteiger partial charge in [0.25, 0.3) is 5.91 Å². The SMILES string of the molecule is O=C(NCC(=O)N1CCC(F)(C(=O)O)C1)c1cccs1. The molecular weight excluding hydrogens is 287 g/mol. The number of carboxylic acid groups (broad SMARTS) is 1. The van der Waals surface area contributed by atoms with Gasteiger partial charge in [0.1, 0.15) is 0 Å². The first-order valence-electron chi connectivity index (χ1n) is 5.94. The van der Waals surface area contributed by atoms with Crippen molar-refractivity contribution in [2.75, 3.05) is 19.6 Å². The van der Waals surface area contributed by atoms with Crippen molar-refractivity contribution < 1.29 is 23.9 Å². The molecule has 1 aromatic heterocycles. The van der Waals surface area contributed by atoms with Gasteiger partial charge in [-0.2, -0.15) is 0 Å². The van der Waals surface area contributed by atoms with Crippen LogP contribution in [0.1, 0.15) is 16.1 Å². The van der Waals surface area contributed by atoms with Crippen LogP contribution in [0, 0.1) is 0 Å². The minimum Gasteiger partial charge on any atom is -0.479 e. The van der Waals surface area contributed by atoms with E-state index in [-0.39, 0.29) is 25.4 Å². The highest BCUT2D eigenvalue weighted by Crippen LogP contribution is 2.25. The molecule has 1 fully saturated rings. The van der Waals surface area contributed by atoms with Gasteiger partial charge in [-0.05, 0) is 11.4 Å². The lowest BCUT2D eigenvalue weighted by molar-refractivity contribution is -0.150. The van der Waals surface area contributed by atoms with E-state index in [1.165, 1.54) is 11.3 Å². The summed E-state index contributed by atoms with van der Waals surface area (Å²) in [7, 11) is 0. The molecule has 1 aliphatic rings. The van der Waals surface area contributed by atoms with Crippen LogP contribution in [0.15, 0.2) is 17.5 Å². The van der Waals surface area contributed by atoms with Crippen LogP contribution in [0.5, 0.6) is 0 Å². The molecule has 1 unspecified atom stereocenters. The number of nitrogens with one attached hydrogen (secondary N) is 1. The van der Waals surface area contributed by atoms with Gasteiger partial charge in [-0.3, -0.25) is 9.59 Å². The molecule has 0 aromatic carbocycles. The molecule has 2 rings (SSSR count). The Morgan fingerprint density at radius 2 is 2.25 bits per heavy atom. The van der Waals surface area contributed by atoms with Gasteiger partial charge in [0.15, 0.2) is 0 Å². The summed E-state index contributed by atoms with van der Waals surface area (Å²) >= 11 is 1.24. The van der Waals surface area contributed by atoms with E-state index in [0.29, 0.717) is 4.88 Å². The normalized spacial score (nSPS) is 21.8. The second-order valence-corrected chi connectivity index (χ2v) is 5.44. The van der Waals surface area contributed by atoms with Crippen LogP contribution in [0.4, 0.5) is 4.39 Å². The Morgan fingerprint density at radius 3 is 2.80 bits per heavy atom. The number of carboxylic acids is 1. The van der Waals surface area contributed by atoms with E-state index in [1.54, 1.807) is 17.5 Å². The summed E-state index contributed by atoms with van der Waals surface area (Å²) in [4.78, 5) is 35.7. The molecule has 0 aliphatic carbocycles. The van der Waals surface area contributed by atoms with Crippen molar-refractivity contribution >= 4 is 29.1 Å². The van der Waals surface area contributed by atoms with E-state index in [4.69, 9.17) is 5.11 Å². The molecule has 20 heavy (non-hydrogen) atoms. The van der Waals surface area contributed by atoms with Crippen LogP contribution in [0.25, 0.3) is 0 Å². The second-order valence-electron chi connectivity index (χ2n) is 4.50. The van der Waals surface area contributed by atoms with Gasteiger partial charge >= 0.3 is 5.97 Å². The summed E-state index contributed by atoms with van der Waals surface area (Å²) in [5.41, 5.74) is -2.38. The zero-order chi connectivity index (χ0) is 14.8. The average molecular weight is 300 g/mol. The number of alkyl halides is 1. The maximum Gasteiger partial charge on any atom is 0.343 e. The maximum atomic E-state index is 13.8. The van der Waals surface area contributed by atoms with Crippen molar-refractivity contribution in [2.24, 2.45) is 0 Å². The summed E-state index contributed by atoms with van der Waals surface area (Å²) in [6.45, 7) is -0.709. The molecule has 2 amide bonds. The summed E-state index contributed by atoms with van der Waals surface area (Å²) < 4.78 is 13.8. The number of hydrogen-bond donors (Lipinski definition) is 2. The molecule has 1 saturated heterocycles. The summed E-state index contributed by atoms with van der Waals surface area (Å²) in [5.74, 6) is -2.43. The van der Waals surface area contributed by atoms with Crippen LogP contribution >= 0.6 is 11.3 Å². The Bertz CT molecular complexity index is 534. The number of rotatable bonds is 4. The maximum absolute atomic E-state index is 13.8. The minimum absolute atomic E-state index is 0.0382. The molecule has 1 aliphatic heterocycles. The van der Waals surface area contributed by atoms with Gasteiger partial charge in [0, 0.05) is 13.0 Å². The van der Waals surface area contributed by atoms with E-state index in [9.17, 15) is 18.8 Å². The first-order valence-corrected chi connectivity index (χ1v) is 6.82. The van der Waals surface area contributed by atoms with E-state index in [2.05, 4.69) is 5.32 Å². The summed E-state index contributed by atoms with van der Waals surface area (Å²) in [6, 6.07) is 3.34. The quantitative estimate of drug-likeness (QED) is 0.848. The second kappa shape index (κ2) is 5.58. The van der Waals surface area contributed by atoms with Crippen LogP contribution in [0.3, 0.4) is 0 Å². The van der Waals surface area contributed by atoms with Crippen molar-refractivity contribution in [3.05, 3.63) is 22.4 Å². The standard InChI is InChI=1S/C12H13FN2O4S/c13-12(11(18)19)3-4-15(7-12)9(16)6-14-10(17)8-2-1-5-20-8/h1-2,5H,3-4,6-7H2,(H,14,17)(H,18,19). The Kier molecular flexibility index (Phi) is 4.03. The Hall–Kier alpha value is -1.96. The number of nitrogens with zero attached hydrogens (tertiary/aromatic N) is 1. The van der Waals surface area contributed by atoms with E-state index >= 15 is 0 Å². The minimum atomic E-state index is -2.38. The monoisotopic (exact) mass is 300 g/mol. The van der Waals surface area contributed by atoms with E-state index in [1.807, 2.05) is 0 Å². The molecule has 2 N–H and O–H groups in total. The fourth-order valence-electron chi connectivity index (χ4n) is 1.92. The Balaban J connectivity index is 1.85. The molecular formula is C12H13FN2O4S. The predicted molar refractivity (Wildman–Crippen MR) is 69.3 cm³/mol. The van der Waals surface area contributed by atoms with Gasteiger partial charge in [-0.1, -0.05) is 6.07 Å². The first-order chi connectivity index (χ1) is 9.42. The number of aliphatic carboxylic acids is 1. The molecule has 0 bridgehead atoms. The number of amides is 2. The Labute approximate surface area is 118 Å².